The number of halogens is 1. The third-order valence-corrected chi connectivity index (χ3v) is 3.59. The molecule has 0 heterocycles. The molecule has 0 aromatic heterocycles. The van der Waals surface area contributed by atoms with E-state index in [1.54, 1.807) is 30.3 Å². The van der Waals surface area contributed by atoms with E-state index < -0.39 is 11.7 Å². The molecule has 0 bridgehead atoms. The Labute approximate surface area is 150 Å². The molecule has 0 spiro atoms. The first-order valence-corrected chi connectivity index (χ1v) is 8.16. The van der Waals surface area contributed by atoms with Gasteiger partial charge in [-0.25, -0.2) is 9.18 Å². The van der Waals surface area contributed by atoms with Gasteiger partial charge < -0.3 is 16.0 Å². The predicted molar refractivity (Wildman–Crippen MR) is 96.8 cm³/mol. The zero-order valence-electron chi connectivity index (χ0n) is 14.3. The number of carbonyl (C=O) groups excluding carboxylic acids is 3. The van der Waals surface area contributed by atoms with Crippen molar-refractivity contribution in [2.45, 2.75) is 13.3 Å². The fourth-order valence-corrected chi connectivity index (χ4v) is 2.20. The van der Waals surface area contributed by atoms with E-state index >= 15 is 0 Å². The highest BCUT2D eigenvalue weighted by molar-refractivity contribution is 5.95. The van der Waals surface area contributed by atoms with Crippen molar-refractivity contribution in [1.82, 2.24) is 10.6 Å². The lowest BCUT2D eigenvalue weighted by atomic mass is 10.1. The lowest BCUT2D eigenvalue weighted by Crippen LogP contribution is -2.32. The molecule has 26 heavy (non-hydrogen) atoms. The molecule has 0 saturated heterocycles. The second kappa shape index (κ2) is 9.31. The monoisotopic (exact) mass is 357 g/mol. The molecular formula is C19H20FN3O3. The number of Topliss-reactive ketones (excluding diaryl/α,β-unsaturated/α-hetero) is 1. The van der Waals surface area contributed by atoms with Crippen LogP contribution in [0.4, 0.5) is 14.9 Å². The largest absolute Gasteiger partial charge is 0.352 e. The van der Waals surface area contributed by atoms with E-state index in [9.17, 15) is 18.8 Å². The fraction of sp³-hybridized carbons (Fsp3) is 0.211. The van der Waals surface area contributed by atoms with E-state index in [-0.39, 0.29) is 17.4 Å². The van der Waals surface area contributed by atoms with Gasteiger partial charge in [0.1, 0.15) is 5.82 Å². The minimum Gasteiger partial charge on any atom is -0.352 e. The molecule has 3 amide bonds. The topological polar surface area (TPSA) is 87.3 Å². The van der Waals surface area contributed by atoms with Crippen LogP contribution in [0.1, 0.15) is 34.1 Å². The Bertz CT molecular complexity index is 791. The summed E-state index contributed by atoms with van der Waals surface area (Å²) >= 11 is 0. The third-order valence-electron chi connectivity index (χ3n) is 3.59. The predicted octanol–water partition coefficient (Wildman–Crippen LogP) is 2.97. The van der Waals surface area contributed by atoms with E-state index in [0.29, 0.717) is 30.8 Å². The highest BCUT2D eigenvalue weighted by Crippen LogP contribution is 2.09. The van der Waals surface area contributed by atoms with Crippen molar-refractivity contribution < 1.29 is 18.8 Å². The molecule has 0 aliphatic carbocycles. The number of hydrogen-bond acceptors (Lipinski definition) is 3. The minimum absolute atomic E-state index is 0.00721. The van der Waals surface area contributed by atoms with Crippen molar-refractivity contribution in [3.63, 3.8) is 0 Å². The molecule has 136 valence electrons. The van der Waals surface area contributed by atoms with Crippen LogP contribution in [0.3, 0.4) is 0 Å². The molecule has 0 unspecified atom stereocenters. The summed E-state index contributed by atoms with van der Waals surface area (Å²) in [6.45, 7) is 2.12. The van der Waals surface area contributed by atoms with Crippen molar-refractivity contribution in [1.29, 1.82) is 0 Å². The second-order valence-electron chi connectivity index (χ2n) is 5.60. The average molecular weight is 357 g/mol. The van der Waals surface area contributed by atoms with Gasteiger partial charge in [0, 0.05) is 24.3 Å². The van der Waals surface area contributed by atoms with Gasteiger partial charge in [-0.2, -0.15) is 0 Å². The average Bonchev–Trinajstić information content (AvgIpc) is 2.62. The Kier molecular flexibility index (Phi) is 6.84. The van der Waals surface area contributed by atoms with Crippen molar-refractivity contribution in [2.24, 2.45) is 0 Å². The number of urea groups is 1. The number of hydrogen-bond donors (Lipinski definition) is 3. The van der Waals surface area contributed by atoms with Gasteiger partial charge in [0.05, 0.1) is 5.56 Å². The van der Waals surface area contributed by atoms with Crippen molar-refractivity contribution >= 4 is 23.4 Å². The van der Waals surface area contributed by atoms with Gasteiger partial charge >= 0.3 is 6.03 Å². The van der Waals surface area contributed by atoms with E-state index in [0.717, 1.165) is 0 Å². The lowest BCUT2D eigenvalue weighted by Gasteiger charge is -2.09. The zero-order valence-corrected chi connectivity index (χ0v) is 14.3. The highest BCUT2D eigenvalue weighted by Gasteiger charge is 2.09. The summed E-state index contributed by atoms with van der Waals surface area (Å²) in [5.74, 6) is -1.10. The minimum atomic E-state index is -0.571. The van der Waals surface area contributed by atoms with Gasteiger partial charge in [0.2, 0.25) is 0 Å². The molecule has 6 nitrogen and oxygen atoms in total. The van der Waals surface area contributed by atoms with E-state index in [1.165, 1.54) is 25.1 Å². The van der Waals surface area contributed by atoms with E-state index in [1.807, 2.05) is 0 Å². The number of amides is 3. The lowest BCUT2D eigenvalue weighted by molar-refractivity contribution is 0.0948. The van der Waals surface area contributed by atoms with E-state index in [2.05, 4.69) is 16.0 Å². The molecule has 2 aromatic carbocycles. The van der Waals surface area contributed by atoms with Gasteiger partial charge in [0.25, 0.3) is 5.91 Å². The Balaban J connectivity index is 1.66. The first-order chi connectivity index (χ1) is 12.5. The number of rotatable bonds is 7. The van der Waals surface area contributed by atoms with E-state index in [4.69, 9.17) is 0 Å². The van der Waals surface area contributed by atoms with Crippen molar-refractivity contribution in [3.05, 3.63) is 65.5 Å². The van der Waals surface area contributed by atoms with Gasteiger partial charge in [-0.3, -0.25) is 9.59 Å². The molecule has 7 heteroatoms. The quantitative estimate of drug-likeness (QED) is 0.526. The number of anilines is 1. The Hall–Kier alpha value is -3.22. The molecule has 3 N–H and O–H groups in total. The normalized spacial score (nSPS) is 10.1. The molecule has 0 radical (unpaired) electrons. The maximum absolute atomic E-state index is 13.5. The first kappa shape index (κ1) is 19.1. The summed E-state index contributed by atoms with van der Waals surface area (Å²) in [5, 5.41) is 7.89. The Morgan fingerprint density at radius 2 is 1.58 bits per heavy atom. The smallest absolute Gasteiger partial charge is 0.319 e. The van der Waals surface area contributed by atoms with Crippen LogP contribution in [-0.4, -0.2) is 30.8 Å². The van der Waals surface area contributed by atoms with Gasteiger partial charge in [-0.15, -0.1) is 0 Å². The van der Waals surface area contributed by atoms with Crippen LogP contribution in [-0.2, 0) is 0 Å². The standard InChI is InChI=1S/C19H20FN3O3/c1-13(24)14-7-9-15(10-8-14)23-19(26)22-12-4-11-21-18(25)16-5-2-3-6-17(16)20/h2-3,5-10H,4,11-12H2,1H3,(H,21,25)(H2,22,23,26). The van der Waals surface area contributed by atoms with Crippen molar-refractivity contribution in [2.75, 3.05) is 18.4 Å². The van der Waals surface area contributed by atoms with Gasteiger partial charge in [-0.05, 0) is 49.7 Å². The zero-order chi connectivity index (χ0) is 18.9. The van der Waals surface area contributed by atoms with Crippen LogP contribution in [0, 0.1) is 5.82 Å². The summed E-state index contributed by atoms with van der Waals surface area (Å²) in [4.78, 5) is 34.8. The molecule has 2 aromatic rings. The van der Waals surface area contributed by atoms with Crippen LogP contribution in [0.25, 0.3) is 0 Å². The Morgan fingerprint density at radius 1 is 0.923 bits per heavy atom. The van der Waals surface area contributed by atoms with Crippen molar-refractivity contribution in [3.8, 4) is 0 Å². The molecule has 0 saturated carbocycles. The number of nitrogens with one attached hydrogen (secondary N) is 3. The molecule has 2 rings (SSSR count). The molecule has 0 atom stereocenters. The van der Waals surface area contributed by atoms with Crippen LogP contribution in [0.15, 0.2) is 48.5 Å². The number of carbonyl (C=O) groups is 3. The summed E-state index contributed by atoms with van der Waals surface area (Å²) < 4.78 is 13.5. The number of ketones is 1. The summed E-state index contributed by atoms with van der Waals surface area (Å²) in [6, 6.07) is 11.9. The Morgan fingerprint density at radius 3 is 2.23 bits per heavy atom. The maximum atomic E-state index is 13.5. The maximum Gasteiger partial charge on any atom is 0.319 e. The van der Waals surface area contributed by atoms with Crippen LogP contribution in [0.2, 0.25) is 0 Å². The summed E-state index contributed by atoms with van der Waals surface area (Å²) in [6.07, 6.45) is 0.497. The first-order valence-electron chi connectivity index (χ1n) is 8.16. The van der Waals surface area contributed by atoms with Crippen LogP contribution in [0.5, 0.6) is 0 Å². The molecule has 0 fully saturated rings. The van der Waals surface area contributed by atoms with Gasteiger partial charge in [0.15, 0.2) is 5.78 Å². The fourth-order valence-electron chi connectivity index (χ4n) is 2.20. The summed E-state index contributed by atoms with van der Waals surface area (Å²) in [7, 11) is 0. The summed E-state index contributed by atoms with van der Waals surface area (Å²) in [5.41, 5.74) is 1.13. The van der Waals surface area contributed by atoms with Crippen LogP contribution >= 0.6 is 0 Å². The van der Waals surface area contributed by atoms with Crippen LogP contribution < -0.4 is 16.0 Å². The van der Waals surface area contributed by atoms with Gasteiger partial charge in [-0.1, -0.05) is 12.1 Å². The molecule has 0 aliphatic rings. The highest BCUT2D eigenvalue weighted by atomic mass is 19.1. The third kappa shape index (κ3) is 5.70. The molecule has 0 aliphatic heterocycles. The molecular weight excluding hydrogens is 337 g/mol. The SMILES string of the molecule is CC(=O)c1ccc(NC(=O)NCCCNC(=O)c2ccccc2F)cc1. The second-order valence-corrected chi connectivity index (χ2v) is 5.60. The number of benzene rings is 2.